The SMILES string of the molecule is O=C(c1cn[nH]n1)N1CCCO[C@@H](Cn2cccn2)C1. The maximum absolute atomic E-state index is 12.3. The van der Waals surface area contributed by atoms with Crippen LogP contribution in [0.25, 0.3) is 0 Å². The first kappa shape index (κ1) is 12.8. The summed E-state index contributed by atoms with van der Waals surface area (Å²) >= 11 is 0. The maximum atomic E-state index is 12.3. The molecule has 0 aromatic carbocycles. The molecule has 106 valence electrons. The Morgan fingerprint density at radius 1 is 1.55 bits per heavy atom. The van der Waals surface area contributed by atoms with Gasteiger partial charge in [-0.05, 0) is 12.5 Å². The molecule has 0 bridgehead atoms. The lowest BCUT2D eigenvalue weighted by molar-refractivity contribution is 0.0365. The van der Waals surface area contributed by atoms with Crippen molar-refractivity contribution in [1.82, 2.24) is 30.1 Å². The van der Waals surface area contributed by atoms with Gasteiger partial charge in [-0.1, -0.05) is 0 Å². The number of nitrogens with one attached hydrogen (secondary N) is 1. The largest absolute Gasteiger partial charge is 0.374 e. The number of ether oxygens (including phenoxy) is 1. The van der Waals surface area contributed by atoms with Crippen molar-refractivity contribution in [3.63, 3.8) is 0 Å². The van der Waals surface area contributed by atoms with Gasteiger partial charge in [-0.25, -0.2) is 0 Å². The zero-order valence-corrected chi connectivity index (χ0v) is 11.0. The number of carbonyl (C=O) groups is 1. The first-order valence-corrected chi connectivity index (χ1v) is 6.57. The predicted molar refractivity (Wildman–Crippen MR) is 68.9 cm³/mol. The Morgan fingerprint density at radius 2 is 2.50 bits per heavy atom. The minimum Gasteiger partial charge on any atom is -0.374 e. The first-order valence-electron chi connectivity index (χ1n) is 6.57. The monoisotopic (exact) mass is 276 g/mol. The summed E-state index contributed by atoms with van der Waals surface area (Å²) in [5.74, 6) is -0.116. The van der Waals surface area contributed by atoms with E-state index in [2.05, 4.69) is 20.5 Å². The van der Waals surface area contributed by atoms with E-state index in [1.165, 1.54) is 6.20 Å². The second kappa shape index (κ2) is 5.83. The lowest BCUT2D eigenvalue weighted by atomic mass is 10.3. The van der Waals surface area contributed by atoms with Gasteiger partial charge >= 0.3 is 0 Å². The summed E-state index contributed by atoms with van der Waals surface area (Å²) in [6, 6.07) is 1.87. The molecule has 3 heterocycles. The molecule has 1 atom stereocenters. The Hall–Kier alpha value is -2.22. The van der Waals surface area contributed by atoms with Crippen LogP contribution in [-0.4, -0.2) is 61.8 Å². The number of nitrogens with zero attached hydrogens (tertiary/aromatic N) is 5. The third kappa shape index (κ3) is 2.85. The van der Waals surface area contributed by atoms with E-state index in [1.54, 1.807) is 11.1 Å². The van der Waals surface area contributed by atoms with Crippen LogP contribution in [0.3, 0.4) is 0 Å². The molecule has 8 heteroatoms. The highest BCUT2D eigenvalue weighted by molar-refractivity contribution is 5.91. The van der Waals surface area contributed by atoms with E-state index < -0.39 is 0 Å². The fourth-order valence-corrected chi connectivity index (χ4v) is 2.27. The average Bonchev–Trinajstić information content (AvgIpc) is 3.10. The van der Waals surface area contributed by atoms with Crippen molar-refractivity contribution in [2.75, 3.05) is 19.7 Å². The summed E-state index contributed by atoms with van der Waals surface area (Å²) in [5.41, 5.74) is 0.338. The van der Waals surface area contributed by atoms with Crippen LogP contribution >= 0.6 is 0 Å². The standard InChI is InChI=1S/C12H16N6O2/c19-12(11-7-13-16-15-11)17-4-2-6-20-10(8-17)9-18-5-1-3-14-18/h1,3,5,7,10H,2,4,6,8-9H2,(H,13,15,16)/t10-/m1/s1. The van der Waals surface area contributed by atoms with Gasteiger partial charge < -0.3 is 9.64 Å². The van der Waals surface area contributed by atoms with Crippen LogP contribution in [0.4, 0.5) is 0 Å². The highest BCUT2D eigenvalue weighted by Crippen LogP contribution is 2.10. The molecule has 0 spiro atoms. The van der Waals surface area contributed by atoms with E-state index in [-0.39, 0.29) is 12.0 Å². The lowest BCUT2D eigenvalue weighted by Crippen LogP contribution is -2.38. The van der Waals surface area contributed by atoms with Crippen LogP contribution in [0.15, 0.2) is 24.7 Å². The normalized spacial score (nSPS) is 19.8. The zero-order chi connectivity index (χ0) is 13.8. The number of aromatic amines is 1. The van der Waals surface area contributed by atoms with Gasteiger partial charge in [-0.3, -0.25) is 9.48 Å². The summed E-state index contributed by atoms with van der Waals surface area (Å²) in [4.78, 5) is 14.0. The van der Waals surface area contributed by atoms with E-state index >= 15 is 0 Å². The number of hydrogen-bond donors (Lipinski definition) is 1. The fraction of sp³-hybridized carbons (Fsp3) is 0.500. The van der Waals surface area contributed by atoms with Crippen molar-refractivity contribution in [3.05, 3.63) is 30.4 Å². The molecule has 1 amide bonds. The quantitative estimate of drug-likeness (QED) is 0.848. The van der Waals surface area contributed by atoms with Gasteiger partial charge in [0.05, 0.1) is 18.8 Å². The Bertz CT molecular complexity index is 538. The molecule has 1 aliphatic rings. The molecule has 0 unspecified atom stereocenters. The molecule has 3 rings (SSSR count). The number of carbonyl (C=O) groups excluding carboxylic acids is 1. The Labute approximate surface area is 115 Å². The molecule has 1 N–H and O–H groups in total. The Balaban J connectivity index is 1.67. The molecule has 0 radical (unpaired) electrons. The molecule has 20 heavy (non-hydrogen) atoms. The zero-order valence-electron chi connectivity index (χ0n) is 11.0. The first-order chi connectivity index (χ1) is 9.83. The summed E-state index contributed by atoms with van der Waals surface area (Å²) in [5, 5.41) is 14.1. The fourth-order valence-electron chi connectivity index (χ4n) is 2.27. The molecule has 1 saturated heterocycles. The van der Waals surface area contributed by atoms with Crippen molar-refractivity contribution in [1.29, 1.82) is 0 Å². The molecular formula is C12H16N6O2. The second-order valence-electron chi connectivity index (χ2n) is 4.68. The smallest absolute Gasteiger partial charge is 0.276 e. The van der Waals surface area contributed by atoms with E-state index in [9.17, 15) is 4.79 Å². The highest BCUT2D eigenvalue weighted by Gasteiger charge is 2.25. The molecule has 2 aromatic heterocycles. The maximum Gasteiger partial charge on any atom is 0.276 e. The van der Waals surface area contributed by atoms with Crippen molar-refractivity contribution < 1.29 is 9.53 Å². The van der Waals surface area contributed by atoms with Crippen LogP contribution in [-0.2, 0) is 11.3 Å². The van der Waals surface area contributed by atoms with E-state index in [0.717, 1.165) is 6.42 Å². The van der Waals surface area contributed by atoms with E-state index in [0.29, 0.717) is 31.9 Å². The molecule has 1 aliphatic heterocycles. The van der Waals surface area contributed by atoms with Crippen LogP contribution in [0.1, 0.15) is 16.9 Å². The topological polar surface area (TPSA) is 88.9 Å². The average molecular weight is 276 g/mol. The van der Waals surface area contributed by atoms with Crippen LogP contribution in [0.2, 0.25) is 0 Å². The number of hydrogen-bond acceptors (Lipinski definition) is 5. The Kier molecular flexibility index (Phi) is 3.73. The lowest BCUT2D eigenvalue weighted by Gasteiger charge is -2.23. The summed E-state index contributed by atoms with van der Waals surface area (Å²) in [7, 11) is 0. The second-order valence-corrected chi connectivity index (χ2v) is 4.68. The van der Waals surface area contributed by atoms with Crippen LogP contribution in [0.5, 0.6) is 0 Å². The highest BCUT2D eigenvalue weighted by atomic mass is 16.5. The van der Waals surface area contributed by atoms with Crippen LogP contribution < -0.4 is 0 Å². The van der Waals surface area contributed by atoms with Crippen LogP contribution in [0, 0.1) is 0 Å². The Morgan fingerprint density at radius 3 is 3.25 bits per heavy atom. The number of rotatable bonds is 3. The molecule has 8 nitrogen and oxygen atoms in total. The molecular weight excluding hydrogens is 260 g/mol. The summed E-state index contributed by atoms with van der Waals surface area (Å²) in [6.07, 6.45) is 5.82. The van der Waals surface area contributed by atoms with E-state index in [1.807, 2.05) is 16.9 Å². The summed E-state index contributed by atoms with van der Waals surface area (Å²) in [6.45, 7) is 2.48. The van der Waals surface area contributed by atoms with Crippen molar-refractivity contribution >= 4 is 5.91 Å². The van der Waals surface area contributed by atoms with Gasteiger partial charge in [0.1, 0.15) is 0 Å². The molecule has 0 saturated carbocycles. The minimum atomic E-state index is -0.116. The van der Waals surface area contributed by atoms with Gasteiger partial charge in [0.2, 0.25) is 0 Å². The molecule has 0 aliphatic carbocycles. The minimum absolute atomic E-state index is 0.0618. The van der Waals surface area contributed by atoms with Crippen molar-refractivity contribution in [3.8, 4) is 0 Å². The third-order valence-electron chi connectivity index (χ3n) is 3.22. The summed E-state index contributed by atoms with van der Waals surface area (Å²) < 4.78 is 7.59. The van der Waals surface area contributed by atoms with E-state index in [4.69, 9.17) is 4.74 Å². The van der Waals surface area contributed by atoms with Gasteiger partial charge in [0.15, 0.2) is 5.69 Å². The molecule has 1 fully saturated rings. The molecule has 2 aromatic rings. The van der Waals surface area contributed by atoms with Gasteiger partial charge in [-0.15, -0.1) is 0 Å². The number of aromatic nitrogens is 5. The van der Waals surface area contributed by atoms with Gasteiger partial charge in [0.25, 0.3) is 5.91 Å². The number of H-pyrrole nitrogens is 1. The van der Waals surface area contributed by atoms with Gasteiger partial charge in [0, 0.05) is 32.1 Å². The third-order valence-corrected chi connectivity index (χ3v) is 3.22. The predicted octanol–water partition coefficient (Wildman–Crippen LogP) is -0.0675. The number of amides is 1. The van der Waals surface area contributed by atoms with Crippen molar-refractivity contribution in [2.45, 2.75) is 19.1 Å². The van der Waals surface area contributed by atoms with Crippen molar-refractivity contribution in [2.24, 2.45) is 0 Å². The van der Waals surface area contributed by atoms with Gasteiger partial charge in [-0.2, -0.15) is 20.5 Å².